The molecule has 2 aromatic rings. The van der Waals surface area contributed by atoms with Gasteiger partial charge in [0.2, 0.25) is 0 Å². The van der Waals surface area contributed by atoms with Crippen LogP contribution in [0.4, 0.5) is 0 Å². The number of benzene rings is 1. The Hall–Kier alpha value is 0.530. The molecule has 0 fully saturated rings. The second kappa shape index (κ2) is 4.16. The molecule has 0 unspecified atom stereocenters. The van der Waals surface area contributed by atoms with Gasteiger partial charge in [-0.2, -0.15) is 17.7 Å². The fourth-order valence-corrected chi connectivity index (χ4v) is 1.55. The summed E-state index contributed by atoms with van der Waals surface area (Å²) in [6, 6.07) is 6.88. The van der Waals surface area contributed by atoms with Crippen molar-refractivity contribution < 1.29 is 29.6 Å². The van der Waals surface area contributed by atoms with E-state index in [9.17, 15) is 0 Å². The molecule has 0 bridgehead atoms. The smallest absolute Gasteiger partial charge is 0.424 e. The van der Waals surface area contributed by atoms with E-state index in [2.05, 4.69) is 27.0 Å². The Balaban J connectivity index is 0.000000720. The number of fused-ring (bicyclic) bond motifs is 1. The van der Waals surface area contributed by atoms with Gasteiger partial charge >= 0.3 is 29.6 Å². The average molecular weight is 252 g/mol. The zero-order valence-electron chi connectivity index (χ0n) is 6.49. The Labute approximate surface area is 106 Å². The Morgan fingerprint density at radius 3 is 2.92 bits per heavy atom. The van der Waals surface area contributed by atoms with Crippen LogP contribution in [0.1, 0.15) is 0 Å². The van der Waals surface area contributed by atoms with Crippen molar-refractivity contribution in [3.8, 4) is 0 Å². The summed E-state index contributed by atoms with van der Waals surface area (Å²) in [5.41, 5.74) is 1.01. The van der Waals surface area contributed by atoms with Gasteiger partial charge in [-0.3, -0.25) is 0 Å². The van der Waals surface area contributed by atoms with Crippen LogP contribution in [0.25, 0.3) is 10.9 Å². The normalized spacial score (nSPS) is 9.83. The van der Waals surface area contributed by atoms with Crippen LogP contribution >= 0.6 is 27.5 Å². The first-order valence-electron chi connectivity index (χ1n) is 3.12. The van der Waals surface area contributed by atoms with Crippen LogP contribution in [0.15, 0.2) is 22.8 Å². The van der Waals surface area contributed by atoms with Gasteiger partial charge in [0.25, 0.3) is 0 Å². The van der Waals surface area contributed by atoms with Gasteiger partial charge in [0.05, 0.1) is 0 Å². The van der Waals surface area contributed by atoms with Crippen LogP contribution < -0.4 is 29.6 Å². The molecule has 0 radical (unpaired) electrons. The van der Waals surface area contributed by atoms with Crippen LogP contribution in [0.2, 0.25) is 5.02 Å². The number of hydrogen-bond donors (Lipinski definition) is 1. The number of aromatic nitrogens is 1. The van der Waals surface area contributed by atoms with Crippen LogP contribution in [0.3, 0.4) is 0 Å². The van der Waals surface area contributed by atoms with Crippen LogP contribution in [-0.2, 0) is 0 Å². The standard InChI is InChI=1S/C8H4BrClN.Na/c9-6-1-2-7-5(8(6)10)3-4-11-7;/h1-2,4,11H;/q-1;+1. The number of nitrogens with one attached hydrogen (secondary N) is 1. The molecule has 0 saturated heterocycles. The van der Waals surface area contributed by atoms with Gasteiger partial charge in [-0.15, -0.1) is 5.39 Å². The van der Waals surface area contributed by atoms with Gasteiger partial charge in [0.1, 0.15) is 0 Å². The number of aromatic amines is 1. The molecular formula is C8H4BrClNNa. The molecule has 0 amide bonds. The van der Waals surface area contributed by atoms with Crippen molar-refractivity contribution in [3.05, 3.63) is 33.9 Å². The van der Waals surface area contributed by atoms with E-state index in [4.69, 9.17) is 11.6 Å². The van der Waals surface area contributed by atoms with E-state index >= 15 is 0 Å². The maximum absolute atomic E-state index is 5.97. The van der Waals surface area contributed by atoms with Gasteiger partial charge in [-0.1, -0.05) is 39.8 Å². The third-order valence-corrected chi connectivity index (χ3v) is 2.82. The Kier molecular flexibility index (Phi) is 3.68. The predicted octanol–water partition coefficient (Wildman–Crippen LogP) is 0.388. The molecule has 1 nitrogen and oxygen atoms in total. The van der Waals surface area contributed by atoms with Gasteiger partial charge in [-0.05, 0) is 9.50 Å². The molecule has 0 spiro atoms. The van der Waals surface area contributed by atoms with Gasteiger partial charge in [0.15, 0.2) is 0 Å². The van der Waals surface area contributed by atoms with E-state index in [-0.39, 0.29) is 29.6 Å². The molecule has 0 aliphatic rings. The molecule has 2 rings (SSSR count). The second-order valence-corrected chi connectivity index (χ2v) is 3.45. The number of rotatable bonds is 0. The summed E-state index contributed by atoms with van der Waals surface area (Å²) in [6.45, 7) is 0. The van der Waals surface area contributed by atoms with Crippen LogP contribution in [0, 0.1) is 6.07 Å². The summed E-state index contributed by atoms with van der Waals surface area (Å²) in [7, 11) is 0. The van der Waals surface area contributed by atoms with E-state index in [1.807, 2.05) is 12.1 Å². The molecule has 0 atom stereocenters. The Morgan fingerprint density at radius 1 is 1.42 bits per heavy atom. The number of halogens is 2. The zero-order valence-corrected chi connectivity index (χ0v) is 10.8. The largest absolute Gasteiger partial charge is 1.00 e. The monoisotopic (exact) mass is 251 g/mol. The summed E-state index contributed by atoms with van der Waals surface area (Å²) in [4.78, 5) is 3.03. The van der Waals surface area contributed by atoms with E-state index < -0.39 is 0 Å². The topological polar surface area (TPSA) is 15.8 Å². The summed E-state index contributed by atoms with van der Waals surface area (Å²) in [5.74, 6) is 0. The van der Waals surface area contributed by atoms with Crippen molar-refractivity contribution in [3.63, 3.8) is 0 Å². The maximum Gasteiger partial charge on any atom is 1.00 e. The van der Waals surface area contributed by atoms with Crippen LogP contribution in [0.5, 0.6) is 0 Å². The zero-order chi connectivity index (χ0) is 7.84. The predicted molar refractivity (Wildman–Crippen MR) is 49.8 cm³/mol. The van der Waals surface area contributed by atoms with Gasteiger partial charge < -0.3 is 4.98 Å². The minimum Gasteiger partial charge on any atom is -0.424 e. The Bertz CT molecular complexity index is 399. The Morgan fingerprint density at radius 2 is 2.17 bits per heavy atom. The van der Waals surface area contributed by atoms with Crippen molar-refractivity contribution >= 4 is 38.4 Å². The fourth-order valence-electron chi connectivity index (χ4n) is 0.998. The first-order chi connectivity index (χ1) is 5.29. The third-order valence-electron chi connectivity index (χ3n) is 1.54. The molecule has 1 aromatic carbocycles. The van der Waals surface area contributed by atoms with Crippen molar-refractivity contribution in [1.29, 1.82) is 0 Å². The molecule has 1 N–H and O–H groups in total. The summed E-state index contributed by atoms with van der Waals surface area (Å²) >= 11 is 9.30. The van der Waals surface area contributed by atoms with Gasteiger partial charge in [-0.25, -0.2) is 0 Å². The fraction of sp³-hybridized carbons (Fsp3) is 0. The van der Waals surface area contributed by atoms with Crippen molar-refractivity contribution in [2.45, 2.75) is 0 Å². The quantitative estimate of drug-likeness (QED) is 0.516. The molecule has 56 valence electrons. The van der Waals surface area contributed by atoms with Crippen molar-refractivity contribution in [2.75, 3.05) is 0 Å². The minimum absolute atomic E-state index is 0. The molecule has 12 heavy (non-hydrogen) atoms. The number of hydrogen-bond acceptors (Lipinski definition) is 0. The van der Waals surface area contributed by atoms with Crippen molar-refractivity contribution in [1.82, 2.24) is 4.98 Å². The summed E-state index contributed by atoms with van der Waals surface area (Å²) < 4.78 is 0.905. The van der Waals surface area contributed by atoms with E-state index in [0.717, 1.165) is 15.4 Å². The van der Waals surface area contributed by atoms with Crippen molar-refractivity contribution in [2.24, 2.45) is 0 Å². The molecule has 0 aliphatic heterocycles. The second-order valence-electron chi connectivity index (χ2n) is 2.22. The van der Waals surface area contributed by atoms with Gasteiger partial charge in [0, 0.05) is 0 Å². The summed E-state index contributed by atoms with van der Waals surface area (Å²) in [5, 5.41) is 1.64. The maximum atomic E-state index is 5.97. The first kappa shape index (κ1) is 10.6. The van der Waals surface area contributed by atoms with Crippen LogP contribution in [-0.4, -0.2) is 4.98 Å². The van der Waals surface area contributed by atoms with E-state index in [1.165, 1.54) is 0 Å². The first-order valence-corrected chi connectivity index (χ1v) is 4.29. The SMILES string of the molecule is Clc1c(Br)ccc2[nH]c[c-]c12.[Na+]. The molecule has 1 heterocycles. The van der Waals surface area contributed by atoms with E-state index in [0.29, 0.717) is 5.02 Å². The number of H-pyrrole nitrogens is 1. The van der Waals surface area contributed by atoms with E-state index in [1.54, 1.807) is 6.20 Å². The molecule has 0 saturated carbocycles. The molecule has 1 aromatic heterocycles. The third kappa shape index (κ3) is 1.73. The molecule has 4 heteroatoms. The summed E-state index contributed by atoms with van der Waals surface area (Å²) in [6.07, 6.45) is 1.75. The molecule has 0 aliphatic carbocycles. The minimum atomic E-state index is 0. The average Bonchev–Trinajstić information content (AvgIpc) is 2.45. The molecular weight excluding hydrogens is 248 g/mol.